The quantitative estimate of drug-likeness (QED) is 0.409. The van der Waals surface area contributed by atoms with E-state index in [-0.39, 0.29) is 23.3 Å². The van der Waals surface area contributed by atoms with E-state index in [4.69, 9.17) is 4.74 Å². The predicted octanol–water partition coefficient (Wildman–Crippen LogP) is 3.87. The van der Waals surface area contributed by atoms with Crippen LogP contribution >= 0.6 is 0 Å². The maximum absolute atomic E-state index is 13.2. The predicted molar refractivity (Wildman–Crippen MR) is 136 cm³/mol. The number of hydrogen-bond donors (Lipinski definition) is 3. The number of carbonyl (C=O) groups is 3. The summed E-state index contributed by atoms with van der Waals surface area (Å²) < 4.78 is 5.12. The summed E-state index contributed by atoms with van der Waals surface area (Å²) in [6.07, 6.45) is 0. The van der Waals surface area contributed by atoms with Crippen LogP contribution in [-0.4, -0.2) is 37.9 Å². The fourth-order valence-electron chi connectivity index (χ4n) is 3.43. The van der Waals surface area contributed by atoms with Gasteiger partial charge in [-0.2, -0.15) is 0 Å². The molecule has 0 aliphatic rings. The first kappa shape index (κ1) is 25.3. The molecule has 8 nitrogen and oxygen atoms in total. The second-order valence-electron chi connectivity index (χ2n) is 8.29. The van der Waals surface area contributed by atoms with E-state index < -0.39 is 11.9 Å². The van der Waals surface area contributed by atoms with Crippen LogP contribution in [-0.2, 0) is 4.79 Å². The number of nitrogens with zero attached hydrogens (tertiary/aromatic N) is 1. The van der Waals surface area contributed by atoms with Gasteiger partial charge >= 0.3 is 0 Å². The third-order valence-electron chi connectivity index (χ3n) is 5.43. The number of anilines is 2. The molecule has 0 fully saturated rings. The Balaban J connectivity index is 1.72. The topological polar surface area (TPSA) is 99.8 Å². The van der Waals surface area contributed by atoms with Gasteiger partial charge in [0.05, 0.1) is 24.0 Å². The first-order chi connectivity index (χ1) is 16.8. The second-order valence-corrected chi connectivity index (χ2v) is 8.29. The number of para-hydroxylation sites is 2. The molecule has 0 heterocycles. The number of hydrogen-bond acceptors (Lipinski definition) is 5. The average molecular weight is 475 g/mol. The number of rotatable bonds is 9. The van der Waals surface area contributed by atoms with Crippen molar-refractivity contribution in [3.8, 4) is 5.75 Å². The van der Waals surface area contributed by atoms with Gasteiger partial charge in [-0.25, -0.2) is 0 Å². The molecule has 3 amide bonds. The van der Waals surface area contributed by atoms with Crippen molar-refractivity contribution in [2.75, 3.05) is 24.5 Å². The minimum Gasteiger partial charge on any atom is -0.497 e. The Bertz CT molecular complexity index is 1160. The zero-order chi connectivity index (χ0) is 25.4. The Morgan fingerprint density at radius 3 is 2.09 bits per heavy atom. The van der Waals surface area contributed by atoms with Gasteiger partial charge in [-0.3, -0.25) is 24.8 Å². The first-order valence-corrected chi connectivity index (χ1v) is 11.2. The van der Waals surface area contributed by atoms with Gasteiger partial charge in [-0.05, 0) is 54.4 Å². The lowest BCUT2D eigenvalue weighted by molar-refractivity contribution is -0.124. The van der Waals surface area contributed by atoms with Crippen molar-refractivity contribution in [1.29, 1.82) is 0 Å². The number of hydrazine groups is 1. The van der Waals surface area contributed by atoms with E-state index in [1.54, 1.807) is 67.7 Å². The maximum Gasteiger partial charge on any atom is 0.261 e. The molecule has 3 aromatic rings. The normalized spacial score (nSPS) is 11.3. The van der Waals surface area contributed by atoms with Gasteiger partial charge < -0.3 is 15.4 Å². The Kier molecular flexibility index (Phi) is 8.45. The van der Waals surface area contributed by atoms with Crippen molar-refractivity contribution in [1.82, 2.24) is 10.7 Å². The molecule has 0 spiro atoms. The monoisotopic (exact) mass is 474 g/mol. The van der Waals surface area contributed by atoms with Gasteiger partial charge in [0.1, 0.15) is 11.8 Å². The van der Waals surface area contributed by atoms with Crippen LogP contribution in [0.1, 0.15) is 34.6 Å². The highest BCUT2D eigenvalue weighted by molar-refractivity contribution is 6.09. The lowest BCUT2D eigenvalue weighted by atomic mass is 10.0. The van der Waals surface area contributed by atoms with E-state index in [1.165, 1.54) is 0 Å². The van der Waals surface area contributed by atoms with E-state index in [1.807, 2.05) is 44.2 Å². The molecule has 0 radical (unpaired) electrons. The first-order valence-electron chi connectivity index (χ1n) is 11.2. The smallest absolute Gasteiger partial charge is 0.261 e. The fraction of sp³-hybridized carbons (Fsp3) is 0.222. The van der Waals surface area contributed by atoms with Crippen LogP contribution in [0.5, 0.6) is 5.75 Å². The molecule has 0 saturated carbocycles. The lowest BCUT2D eigenvalue weighted by Gasteiger charge is -2.27. The zero-order valence-electron chi connectivity index (χ0n) is 20.2. The second kappa shape index (κ2) is 11.7. The number of amides is 3. The molecule has 3 aromatic carbocycles. The van der Waals surface area contributed by atoms with E-state index in [0.717, 1.165) is 5.69 Å². The standard InChI is InChI=1S/C27H30N4O4/c1-18(2)24(27(34)30-31(3)20-10-6-5-7-11-20)29-26(33)22-12-8-9-13-23(22)28-25(32)19-14-16-21(35-4)17-15-19/h5-18,24H,1-4H3,(H,28,32)(H,29,33)(H,30,34). The number of nitrogens with one attached hydrogen (secondary N) is 3. The largest absolute Gasteiger partial charge is 0.497 e. The number of ether oxygens (including phenoxy) is 1. The van der Waals surface area contributed by atoms with Gasteiger partial charge in [0.15, 0.2) is 0 Å². The van der Waals surface area contributed by atoms with Gasteiger partial charge in [0.25, 0.3) is 17.7 Å². The SMILES string of the molecule is COc1ccc(C(=O)Nc2ccccc2C(=O)NC(C(=O)NN(C)c2ccccc2)C(C)C)cc1. The van der Waals surface area contributed by atoms with Crippen LogP contribution < -0.4 is 25.8 Å². The molecular formula is C27H30N4O4. The van der Waals surface area contributed by atoms with Crippen molar-refractivity contribution in [3.63, 3.8) is 0 Å². The molecule has 0 saturated heterocycles. The van der Waals surface area contributed by atoms with Crippen molar-refractivity contribution in [2.24, 2.45) is 5.92 Å². The molecule has 0 aromatic heterocycles. The average Bonchev–Trinajstić information content (AvgIpc) is 2.87. The molecule has 0 bridgehead atoms. The highest BCUT2D eigenvalue weighted by atomic mass is 16.5. The number of carbonyl (C=O) groups excluding carboxylic acids is 3. The van der Waals surface area contributed by atoms with Crippen LogP contribution in [0, 0.1) is 5.92 Å². The van der Waals surface area contributed by atoms with Crippen LogP contribution in [0.15, 0.2) is 78.9 Å². The summed E-state index contributed by atoms with van der Waals surface area (Å²) in [7, 11) is 3.28. The minimum atomic E-state index is -0.793. The summed E-state index contributed by atoms with van der Waals surface area (Å²) in [4.78, 5) is 38.9. The molecular weight excluding hydrogens is 444 g/mol. The van der Waals surface area contributed by atoms with E-state index in [0.29, 0.717) is 17.0 Å². The summed E-state index contributed by atoms with van der Waals surface area (Å²) >= 11 is 0. The van der Waals surface area contributed by atoms with Crippen molar-refractivity contribution < 1.29 is 19.1 Å². The summed E-state index contributed by atoms with van der Waals surface area (Å²) in [5, 5.41) is 7.20. The van der Waals surface area contributed by atoms with E-state index in [2.05, 4.69) is 16.1 Å². The Hall–Kier alpha value is -4.33. The van der Waals surface area contributed by atoms with Crippen LogP contribution in [0.4, 0.5) is 11.4 Å². The summed E-state index contributed by atoms with van der Waals surface area (Å²) in [5.41, 5.74) is 4.64. The Morgan fingerprint density at radius 2 is 1.46 bits per heavy atom. The van der Waals surface area contributed by atoms with Gasteiger partial charge in [0.2, 0.25) is 0 Å². The third-order valence-corrected chi connectivity index (χ3v) is 5.43. The summed E-state index contributed by atoms with van der Waals surface area (Å²) in [6.45, 7) is 3.70. The highest BCUT2D eigenvalue weighted by Gasteiger charge is 2.26. The van der Waals surface area contributed by atoms with Gasteiger partial charge in [-0.1, -0.05) is 44.2 Å². The van der Waals surface area contributed by atoms with Crippen LogP contribution in [0.3, 0.4) is 0 Å². The Morgan fingerprint density at radius 1 is 0.829 bits per heavy atom. The number of methoxy groups -OCH3 is 1. The zero-order valence-corrected chi connectivity index (χ0v) is 20.2. The molecule has 35 heavy (non-hydrogen) atoms. The lowest BCUT2D eigenvalue weighted by Crippen LogP contribution is -2.53. The third kappa shape index (κ3) is 6.60. The molecule has 8 heteroatoms. The molecule has 1 unspecified atom stereocenters. The van der Waals surface area contributed by atoms with Crippen molar-refractivity contribution in [3.05, 3.63) is 90.0 Å². The summed E-state index contributed by atoms with van der Waals surface area (Å²) in [5.74, 6) is -0.719. The van der Waals surface area contributed by atoms with Gasteiger partial charge in [0, 0.05) is 12.6 Å². The Labute approximate surface area is 205 Å². The molecule has 0 aliphatic carbocycles. The van der Waals surface area contributed by atoms with Crippen molar-refractivity contribution >= 4 is 29.1 Å². The molecule has 1 atom stereocenters. The molecule has 0 aliphatic heterocycles. The van der Waals surface area contributed by atoms with E-state index in [9.17, 15) is 14.4 Å². The maximum atomic E-state index is 13.2. The minimum absolute atomic E-state index is 0.177. The highest BCUT2D eigenvalue weighted by Crippen LogP contribution is 2.19. The van der Waals surface area contributed by atoms with Gasteiger partial charge in [-0.15, -0.1) is 0 Å². The molecule has 3 rings (SSSR count). The van der Waals surface area contributed by atoms with E-state index >= 15 is 0 Å². The molecule has 182 valence electrons. The van der Waals surface area contributed by atoms with Crippen molar-refractivity contribution in [2.45, 2.75) is 19.9 Å². The van der Waals surface area contributed by atoms with Crippen LogP contribution in [0.25, 0.3) is 0 Å². The summed E-state index contributed by atoms with van der Waals surface area (Å²) in [6, 6.07) is 21.9. The molecule has 3 N–H and O–H groups in total. The fourth-order valence-corrected chi connectivity index (χ4v) is 3.43. The number of benzene rings is 3. The van der Waals surface area contributed by atoms with Crippen LogP contribution in [0.2, 0.25) is 0 Å².